The number of aromatic carboxylic acids is 1. The second kappa shape index (κ2) is 3.44. The van der Waals surface area contributed by atoms with Crippen LogP contribution < -0.4 is 0 Å². The molecule has 0 bridgehead atoms. The molecule has 0 amide bonds. The minimum atomic E-state index is -1.12. The number of carboxylic acids is 1. The van der Waals surface area contributed by atoms with Crippen molar-refractivity contribution >= 4 is 11.5 Å². The van der Waals surface area contributed by atoms with Crippen LogP contribution in [0.4, 0.5) is 0 Å². The molecular weight excluding hydrogens is 222 g/mol. The first-order chi connectivity index (χ1) is 8.27. The van der Waals surface area contributed by atoms with Gasteiger partial charge in [-0.3, -0.25) is 0 Å². The summed E-state index contributed by atoms with van der Waals surface area (Å²) in [5.74, 6) is -1.24. The topological polar surface area (TPSA) is 80.6 Å². The smallest absolute Gasteiger partial charge is 0.372 e. The van der Waals surface area contributed by atoms with E-state index in [0.29, 0.717) is 11.3 Å². The molecule has 0 aliphatic rings. The van der Waals surface area contributed by atoms with E-state index in [9.17, 15) is 4.79 Å². The Bertz CT molecular complexity index is 699. The van der Waals surface area contributed by atoms with E-state index in [1.807, 2.05) is 12.1 Å². The molecule has 0 aliphatic heterocycles. The highest BCUT2D eigenvalue weighted by molar-refractivity contribution is 5.95. The molecule has 0 saturated carbocycles. The lowest BCUT2D eigenvalue weighted by molar-refractivity contribution is 0.0663. The van der Waals surface area contributed by atoms with Crippen molar-refractivity contribution in [2.75, 3.05) is 0 Å². The number of hydrogen-bond donors (Lipinski definition) is 1. The zero-order valence-corrected chi connectivity index (χ0v) is 8.57. The van der Waals surface area contributed by atoms with Gasteiger partial charge in [0.25, 0.3) is 0 Å². The third-order valence-corrected chi connectivity index (χ3v) is 2.45. The average Bonchev–Trinajstić information content (AvgIpc) is 2.97. The molecule has 84 valence electrons. The number of furan rings is 1. The van der Waals surface area contributed by atoms with Crippen molar-refractivity contribution in [3.05, 3.63) is 42.7 Å². The highest BCUT2D eigenvalue weighted by atomic mass is 16.4. The molecule has 1 N–H and O–H groups in total. The summed E-state index contributed by atoms with van der Waals surface area (Å²) in [6.45, 7) is 0. The van der Waals surface area contributed by atoms with Gasteiger partial charge < -0.3 is 9.52 Å². The molecule has 3 rings (SSSR count). The molecule has 3 heterocycles. The lowest BCUT2D eigenvalue weighted by Gasteiger charge is -2.01. The molecule has 6 heteroatoms. The van der Waals surface area contributed by atoms with E-state index in [1.54, 1.807) is 16.8 Å². The van der Waals surface area contributed by atoms with E-state index >= 15 is 0 Å². The normalized spacial score (nSPS) is 10.8. The van der Waals surface area contributed by atoms with Crippen LogP contribution in [0, 0.1) is 0 Å². The van der Waals surface area contributed by atoms with Gasteiger partial charge in [0.05, 0.1) is 17.3 Å². The summed E-state index contributed by atoms with van der Waals surface area (Å²) in [6, 6.07) is 5.21. The van der Waals surface area contributed by atoms with Crippen molar-refractivity contribution in [3.63, 3.8) is 0 Å². The van der Waals surface area contributed by atoms with Gasteiger partial charge in [0.15, 0.2) is 0 Å². The third kappa shape index (κ3) is 1.38. The maximum absolute atomic E-state index is 11.0. The Labute approximate surface area is 95.1 Å². The van der Waals surface area contributed by atoms with Crippen LogP contribution in [0.2, 0.25) is 0 Å². The zero-order chi connectivity index (χ0) is 11.8. The lowest BCUT2D eigenvalue weighted by atomic mass is 10.1. The number of nitrogens with zero attached hydrogens (tertiary/aromatic N) is 3. The van der Waals surface area contributed by atoms with Crippen LogP contribution in [0.25, 0.3) is 16.8 Å². The van der Waals surface area contributed by atoms with Crippen molar-refractivity contribution in [2.24, 2.45) is 0 Å². The number of hydrogen-bond acceptors (Lipinski definition) is 4. The van der Waals surface area contributed by atoms with Crippen molar-refractivity contribution in [1.82, 2.24) is 14.6 Å². The van der Waals surface area contributed by atoms with E-state index in [0.717, 1.165) is 5.52 Å². The first-order valence-electron chi connectivity index (χ1n) is 4.87. The van der Waals surface area contributed by atoms with Gasteiger partial charge in [-0.25, -0.2) is 14.3 Å². The quantitative estimate of drug-likeness (QED) is 0.723. The molecule has 3 aromatic heterocycles. The Balaban J connectivity index is 2.30. The van der Waals surface area contributed by atoms with Crippen molar-refractivity contribution in [2.45, 2.75) is 0 Å². The largest absolute Gasteiger partial charge is 0.475 e. The van der Waals surface area contributed by atoms with Gasteiger partial charge >= 0.3 is 5.97 Å². The van der Waals surface area contributed by atoms with Gasteiger partial charge in [0, 0.05) is 6.20 Å². The first-order valence-corrected chi connectivity index (χ1v) is 4.87. The number of carbonyl (C=O) groups is 1. The fourth-order valence-electron chi connectivity index (χ4n) is 1.73. The summed E-state index contributed by atoms with van der Waals surface area (Å²) in [5.41, 5.74) is 1.72. The number of fused-ring (bicyclic) bond motifs is 1. The minimum Gasteiger partial charge on any atom is -0.475 e. The molecular formula is C11H7N3O3. The van der Waals surface area contributed by atoms with Gasteiger partial charge in [-0.05, 0) is 18.2 Å². The van der Waals surface area contributed by atoms with Gasteiger partial charge in [-0.2, -0.15) is 5.10 Å². The second-order valence-corrected chi connectivity index (χ2v) is 3.42. The molecule has 0 unspecified atom stereocenters. The van der Waals surface area contributed by atoms with Crippen LogP contribution in [-0.2, 0) is 0 Å². The summed E-state index contributed by atoms with van der Waals surface area (Å²) < 4.78 is 6.56. The van der Waals surface area contributed by atoms with Crippen LogP contribution in [0.1, 0.15) is 10.6 Å². The summed E-state index contributed by atoms with van der Waals surface area (Å²) in [7, 11) is 0. The lowest BCUT2D eigenvalue weighted by Crippen LogP contribution is -1.99. The molecule has 17 heavy (non-hydrogen) atoms. The molecule has 0 fully saturated rings. The molecule has 6 nitrogen and oxygen atoms in total. The van der Waals surface area contributed by atoms with Crippen LogP contribution in [0.15, 0.2) is 41.4 Å². The predicted octanol–water partition coefficient (Wildman–Crippen LogP) is 1.69. The minimum absolute atomic E-state index is 0.119. The predicted molar refractivity (Wildman–Crippen MR) is 57.6 cm³/mol. The first kappa shape index (κ1) is 9.59. The number of carboxylic acid groups (broad SMARTS) is 1. The number of rotatable bonds is 2. The van der Waals surface area contributed by atoms with Gasteiger partial charge in [0.2, 0.25) is 5.76 Å². The molecule has 0 radical (unpaired) electrons. The Morgan fingerprint density at radius 1 is 1.41 bits per heavy atom. The molecule has 0 aliphatic carbocycles. The van der Waals surface area contributed by atoms with Gasteiger partial charge in [0.1, 0.15) is 12.0 Å². The Morgan fingerprint density at radius 3 is 3.12 bits per heavy atom. The monoisotopic (exact) mass is 229 g/mol. The fourth-order valence-corrected chi connectivity index (χ4v) is 1.73. The Hall–Kier alpha value is -2.63. The number of aromatic nitrogens is 3. The molecule has 0 saturated heterocycles. The van der Waals surface area contributed by atoms with Crippen molar-refractivity contribution in [3.8, 4) is 11.3 Å². The highest BCUT2D eigenvalue weighted by Gasteiger charge is 2.18. The van der Waals surface area contributed by atoms with E-state index < -0.39 is 5.97 Å². The Kier molecular flexibility index (Phi) is 1.94. The van der Waals surface area contributed by atoms with Crippen LogP contribution in [-0.4, -0.2) is 25.7 Å². The van der Waals surface area contributed by atoms with Crippen molar-refractivity contribution in [1.29, 1.82) is 0 Å². The molecule has 0 atom stereocenters. The highest BCUT2D eigenvalue weighted by Crippen LogP contribution is 2.26. The Morgan fingerprint density at radius 2 is 2.29 bits per heavy atom. The van der Waals surface area contributed by atoms with Crippen LogP contribution in [0.5, 0.6) is 0 Å². The SMILES string of the molecule is O=C(O)c1occc1-c1ncnn2cccc12. The maximum Gasteiger partial charge on any atom is 0.372 e. The molecule has 0 aromatic carbocycles. The van der Waals surface area contributed by atoms with Crippen LogP contribution in [0.3, 0.4) is 0 Å². The van der Waals surface area contributed by atoms with Gasteiger partial charge in [-0.15, -0.1) is 0 Å². The summed E-state index contributed by atoms with van der Waals surface area (Å²) in [4.78, 5) is 15.1. The third-order valence-electron chi connectivity index (χ3n) is 2.45. The molecule has 3 aromatic rings. The standard InChI is InChI=1S/C11H7N3O3/c15-11(16)10-7(3-5-17-10)9-8-2-1-4-14(8)13-6-12-9/h1-6H,(H,15,16). The van der Waals surface area contributed by atoms with Crippen LogP contribution >= 0.6 is 0 Å². The van der Waals surface area contributed by atoms with Gasteiger partial charge in [-0.1, -0.05) is 0 Å². The summed E-state index contributed by atoms with van der Waals surface area (Å²) in [5, 5.41) is 13.0. The van der Waals surface area contributed by atoms with E-state index in [2.05, 4.69) is 10.1 Å². The van der Waals surface area contributed by atoms with E-state index in [1.165, 1.54) is 12.6 Å². The van der Waals surface area contributed by atoms with E-state index in [-0.39, 0.29) is 5.76 Å². The maximum atomic E-state index is 11.0. The zero-order valence-electron chi connectivity index (χ0n) is 8.57. The van der Waals surface area contributed by atoms with Crippen molar-refractivity contribution < 1.29 is 14.3 Å². The summed E-state index contributed by atoms with van der Waals surface area (Å²) in [6.07, 6.45) is 4.47. The fraction of sp³-hybridized carbons (Fsp3) is 0. The average molecular weight is 229 g/mol. The van der Waals surface area contributed by atoms with E-state index in [4.69, 9.17) is 9.52 Å². The summed E-state index contributed by atoms with van der Waals surface area (Å²) >= 11 is 0. The molecule has 0 spiro atoms. The second-order valence-electron chi connectivity index (χ2n) is 3.42.